The van der Waals surface area contributed by atoms with Crippen LogP contribution in [0.15, 0.2) is 30.3 Å². The molecule has 1 heterocycles. The van der Waals surface area contributed by atoms with Crippen molar-refractivity contribution in [2.45, 2.75) is 33.2 Å². The van der Waals surface area contributed by atoms with E-state index in [1.807, 2.05) is 63.2 Å². The number of Topliss-reactive ketones (excluding diaryl/α,β-unsaturated/α-hetero) is 1. The second-order valence-electron chi connectivity index (χ2n) is 6.56. The second kappa shape index (κ2) is 8.30. The predicted molar refractivity (Wildman–Crippen MR) is 105 cm³/mol. The first-order valence-electron chi connectivity index (χ1n) is 8.38. The average molecular weight is 359 g/mol. The van der Waals surface area contributed by atoms with Gasteiger partial charge in [0.15, 0.2) is 5.78 Å². The molecule has 1 amide bonds. The van der Waals surface area contributed by atoms with Gasteiger partial charge in [0, 0.05) is 61.5 Å². The van der Waals surface area contributed by atoms with Gasteiger partial charge in [-0.15, -0.1) is 11.3 Å². The molecule has 0 saturated heterocycles. The Kier molecular flexibility index (Phi) is 6.37. The largest absolute Gasteiger partial charge is 0.378 e. The van der Waals surface area contributed by atoms with Gasteiger partial charge in [-0.3, -0.25) is 9.59 Å². The molecule has 1 aromatic heterocycles. The number of thiophene rings is 1. The van der Waals surface area contributed by atoms with Gasteiger partial charge in [-0.05, 0) is 37.6 Å². The van der Waals surface area contributed by atoms with Crippen molar-refractivity contribution in [1.82, 2.24) is 4.90 Å². The number of amides is 1. The Morgan fingerprint density at radius 3 is 2.16 bits per heavy atom. The number of aryl methyl sites for hydroxylation is 2. The molecule has 0 fully saturated rings. The molecule has 0 N–H and O–H groups in total. The van der Waals surface area contributed by atoms with E-state index in [0.29, 0.717) is 6.54 Å². The summed E-state index contributed by atoms with van der Waals surface area (Å²) in [6, 6.07) is 10.1. The number of hydrogen-bond donors (Lipinski definition) is 0. The Balaban J connectivity index is 1.87. The van der Waals surface area contributed by atoms with Gasteiger partial charge in [0.2, 0.25) is 5.91 Å². The van der Waals surface area contributed by atoms with Gasteiger partial charge in [-0.25, -0.2) is 0 Å². The molecule has 0 atom stereocenters. The van der Waals surface area contributed by atoms with Crippen LogP contribution < -0.4 is 4.90 Å². The van der Waals surface area contributed by atoms with E-state index < -0.39 is 0 Å². The number of carbonyl (C=O) groups excluding carboxylic acids is 2. The van der Waals surface area contributed by atoms with E-state index in [1.54, 1.807) is 23.3 Å². The van der Waals surface area contributed by atoms with E-state index in [9.17, 15) is 9.59 Å². The molecule has 134 valence electrons. The van der Waals surface area contributed by atoms with Crippen LogP contribution in [-0.2, 0) is 11.3 Å². The van der Waals surface area contributed by atoms with Crippen LogP contribution in [-0.4, -0.2) is 37.7 Å². The summed E-state index contributed by atoms with van der Waals surface area (Å²) < 4.78 is 0. The van der Waals surface area contributed by atoms with Crippen LogP contribution in [0.5, 0.6) is 0 Å². The molecule has 2 aromatic rings. The lowest BCUT2D eigenvalue weighted by Crippen LogP contribution is -2.26. The summed E-state index contributed by atoms with van der Waals surface area (Å²) in [5.74, 6) is 0.0496. The summed E-state index contributed by atoms with van der Waals surface area (Å²) in [4.78, 5) is 30.5. The highest BCUT2D eigenvalue weighted by molar-refractivity contribution is 7.12. The van der Waals surface area contributed by atoms with E-state index in [2.05, 4.69) is 0 Å². The van der Waals surface area contributed by atoms with Gasteiger partial charge in [0.05, 0.1) is 0 Å². The molecule has 0 spiro atoms. The maximum Gasteiger partial charge on any atom is 0.223 e. The number of benzene rings is 1. The van der Waals surface area contributed by atoms with E-state index in [1.165, 1.54) is 0 Å². The van der Waals surface area contributed by atoms with Crippen LogP contribution >= 0.6 is 11.3 Å². The summed E-state index contributed by atoms with van der Waals surface area (Å²) in [5.41, 5.74) is 2.97. The van der Waals surface area contributed by atoms with Crippen LogP contribution in [0.4, 0.5) is 5.69 Å². The fraction of sp³-hybridized carbons (Fsp3) is 0.400. The number of hydrogen-bond acceptors (Lipinski definition) is 4. The third-order valence-electron chi connectivity index (χ3n) is 4.21. The minimum Gasteiger partial charge on any atom is -0.378 e. The minimum atomic E-state index is -0.00496. The fourth-order valence-corrected chi connectivity index (χ4v) is 3.66. The lowest BCUT2D eigenvalue weighted by molar-refractivity contribution is -0.130. The molecule has 2 rings (SSSR count). The molecule has 1 aromatic carbocycles. The zero-order valence-corrected chi connectivity index (χ0v) is 16.4. The zero-order chi connectivity index (χ0) is 18.6. The van der Waals surface area contributed by atoms with Gasteiger partial charge >= 0.3 is 0 Å². The predicted octanol–water partition coefficient (Wildman–Crippen LogP) is 4.05. The van der Waals surface area contributed by atoms with Crippen molar-refractivity contribution in [1.29, 1.82) is 0 Å². The van der Waals surface area contributed by atoms with Crippen molar-refractivity contribution in [3.63, 3.8) is 0 Å². The van der Waals surface area contributed by atoms with Crippen LogP contribution in [0.25, 0.3) is 0 Å². The molecular weight excluding hydrogens is 332 g/mol. The van der Waals surface area contributed by atoms with Crippen LogP contribution in [0.2, 0.25) is 0 Å². The Labute approximate surface area is 154 Å². The second-order valence-corrected chi connectivity index (χ2v) is 8.02. The molecule has 0 unspecified atom stereocenters. The fourth-order valence-electron chi connectivity index (χ4n) is 2.72. The summed E-state index contributed by atoms with van der Waals surface area (Å²) in [7, 11) is 5.78. The summed E-state index contributed by atoms with van der Waals surface area (Å²) in [5, 5.41) is 0. The van der Waals surface area contributed by atoms with Crippen LogP contribution in [0.1, 0.15) is 38.5 Å². The third-order valence-corrected chi connectivity index (χ3v) is 5.17. The maximum absolute atomic E-state index is 12.3. The Morgan fingerprint density at radius 2 is 1.64 bits per heavy atom. The van der Waals surface area contributed by atoms with Crippen molar-refractivity contribution >= 4 is 28.7 Å². The monoisotopic (exact) mass is 358 g/mol. The number of ketones is 1. The molecule has 25 heavy (non-hydrogen) atoms. The Morgan fingerprint density at radius 1 is 1.00 bits per heavy atom. The first-order chi connectivity index (χ1) is 11.8. The Hall–Kier alpha value is -2.14. The van der Waals surface area contributed by atoms with E-state index in [4.69, 9.17) is 0 Å². The molecule has 0 bridgehead atoms. The molecule has 5 heteroatoms. The highest BCUT2D eigenvalue weighted by atomic mass is 32.1. The molecule has 0 aliphatic heterocycles. The smallest absolute Gasteiger partial charge is 0.223 e. The van der Waals surface area contributed by atoms with Crippen LogP contribution in [0.3, 0.4) is 0 Å². The van der Waals surface area contributed by atoms with Crippen molar-refractivity contribution in [3.8, 4) is 0 Å². The van der Waals surface area contributed by atoms with Crippen molar-refractivity contribution in [2.24, 2.45) is 0 Å². The highest BCUT2D eigenvalue weighted by Gasteiger charge is 2.16. The molecule has 0 saturated carbocycles. The molecule has 4 nitrogen and oxygen atoms in total. The zero-order valence-electron chi connectivity index (χ0n) is 15.6. The van der Waals surface area contributed by atoms with Gasteiger partial charge in [0.25, 0.3) is 0 Å². The standard InChI is InChI=1S/C20H26N2O2S/c1-14-12-18(15(2)25-14)19(23)10-11-20(24)22(5)13-16-6-8-17(9-7-16)21(3)4/h6-9,12H,10-11,13H2,1-5H3. The number of rotatable bonds is 7. The van der Waals surface area contributed by atoms with Gasteiger partial charge in [0.1, 0.15) is 0 Å². The Bertz CT molecular complexity index is 748. The van der Waals surface area contributed by atoms with E-state index in [0.717, 1.165) is 26.6 Å². The van der Waals surface area contributed by atoms with E-state index in [-0.39, 0.29) is 24.5 Å². The van der Waals surface area contributed by atoms with Gasteiger partial charge in [-0.2, -0.15) is 0 Å². The topological polar surface area (TPSA) is 40.6 Å². The van der Waals surface area contributed by atoms with Crippen molar-refractivity contribution < 1.29 is 9.59 Å². The first-order valence-corrected chi connectivity index (χ1v) is 9.20. The number of carbonyl (C=O) groups is 2. The van der Waals surface area contributed by atoms with Crippen molar-refractivity contribution in [3.05, 3.63) is 51.2 Å². The van der Waals surface area contributed by atoms with Crippen LogP contribution in [0, 0.1) is 13.8 Å². The third kappa shape index (κ3) is 5.16. The minimum absolute atomic E-state index is 0.00496. The summed E-state index contributed by atoms with van der Waals surface area (Å²) in [6.07, 6.45) is 0.513. The molecule has 0 aliphatic rings. The molecule has 0 radical (unpaired) electrons. The first kappa shape index (κ1) is 19.2. The SMILES string of the molecule is Cc1cc(C(=O)CCC(=O)N(C)Cc2ccc(N(C)C)cc2)c(C)s1. The quantitative estimate of drug-likeness (QED) is 0.701. The molecular formula is C20H26N2O2S. The number of anilines is 1. The van der Waals surface area contributed by atoms with E-state index >= 15 is 0 Å². The summed E-state index contributed by atoms with van der Waals surface area (Å²) >= 11 is 1.62. The lowest BCUT2D eigenvalue weighted by Gasteiger charge is -2.18. The number of nitrogens with zero attached hydrogens (tertiary/aromatic N) is 2. The van der Waals surface area contributed by atoms with Crippen molar-refractivity contribution in [2.75, 3.05) is 26.0 Å². The highest BCUT2D eigenvalue weighted by Crippen LogP contribution is 2.22. The van der Waals surface area contributed by atoms with Gasteiger partial charge in [-0.1, -0.05) is 12.1 Å². The average Bonchev–Trinajstić information content (AvgIpc) is 2.91. The lowest BCUT2D eigenvalue weighted by atomic mass is 10.1. The molecule has 0 aliphatic carbocycles. The van der Waals surface area contributed by atoms with Gasteiger partial charge < -0.3 is 9.80 Å². The summed E-state index contributed by atoms with van der Waals surface area (Å²) in [6.45, 7) is 4.50. The maximum atomic E-state index is 12.3. The normalized spacial score (nSPS) is 10.6.